The van der Waals surface area contributed by atoms with Gasteiger partial charge in [-0.05, 0) is 23.1 Å². The van der Waals surface area contributed by atoms with Crippen molar-refractivity contribution < 1.29 is 9.90 Å². The average Bonchev–Trinajstić information content (AvgIpc) is 2.82. The standard InChI is InChI=1S/C13H13NO2S/c15-13(16)11(14-12-7-4-8-17-12)9-10-5-2-1-3-6-10/h1-8,11,14H,9H2,(H,15,16). The molecule has 2 rings (SSSR count). The Labute approximate surface area is 104 Å². The second-order valence-corrected chi connectivity index (χ2v) is 4.65. The number of carboxylic acids is 1. The molecule has 1 heterocycles. The maximum Gasteiger partial charge on any atom is 0.326 e. The van der Waals surface area contributed by atoms with E-state index in [0.717, 1.165) is 10.6 Å². The molecular weight excluding hydrogens is 234 g/mol. The lowest BCUT2D eigenvalue weighted by Gasteiger charge is -2.14. The molecule has 0 aliphatic rings. The van der Waals surface area contributed by atoms with Gasteiger partial charge in [-0.1, -0.05) is 30.3 Å². The fourth-order valence-corrected chi connectivity index (χ4v) is 2.25. The van der Waals surface area contributed by atoms with E-state index < -0.39 is 12.0 Å². The monoisotopic (exact) mass is 247 g/mol. The zero-order chi connectivity index (χ0) is 12.1. The molecular formula is C13H13NO2S. The van der Waals surface area contributed by atoms with Crippen LogP contribution in [0.15, 0.2) is 47.8 Å². The highest BCUT2D eigenvalue weighted by atomic mass is 32.1. The molecule has 0 saturated carbocycles. The first kappa shape index (κ1) is 11.7. The van der Waals surface area contributed by atoms with E-state index >= 15 is 0 Å². The highest BCUT2D eigenvalue weighted by molar-refractivity contribution is 7.14. The van der Waals surface area contributed by atoms with Gasteiger partial charge in [-0.25, -0.2) is 4.79 Å². The summed E-state index contributed by atoms with van der Waals surface area (Å²) in [6.07, 6.45) is 0.480. The van der Waals surface area contributed by atoms with Crippen molar-refractivity contribution in [3.63, 3.8) is 0 Å². The summed E-state index contributed by atoms with van der Waals surface area (Å²) in [4.78, 5) is 11.2. The van der Waals surface area contributed by atoms with Gasteiger partial charge in [0, 0.05) is 6.42 Å². The first-order valence-electron chi connectivity index (χ1n) is 5.32. The zero-order valence-corrected chi connectivity index (χ0v) is 9.98. The molecule has 0 saturated heterocycles. The van der Waals surface area contributed by atoms with Crippen LogP contribution in [0.4, 0.5) is 5.00 Å². The van der Waals surface area contributed by atoms with Gasteiger partial charge in [-0.3, -0.25) is 0 Å². The molecule has 2 N–H and O–H groups in total. The lowest BCUT2D eigenvalue weighted by atomic mass is 10.1. The number of hydrogen-bond donors (Lipinski definition) is 2. The highest BCUT2D eigenvalue weighted by Crippen LogP contribution is 2.17. The molecule has 1 aromatic carbocycles. The Morgan fingerprint density at radius 1 is 1.24 bits per heavy atom. The van der Waals surface area contributed by atoms with Crippen molar-refractivity contribution in [3.05, 3.63) is 53.4 Å². The number of carboxylic acid groups (broad SMARTS) is 1. The van der Waals surface area contributed by atoms with Crippen LogP contribution in [-0.4, -0.2) is 17.1 Å². The number of benzene rings is 1. The van der Waals surface area contributed by atoms with E-state index in [-0.39, 0.29) is 0 Å². The molecule has 88 valence electrons. The second kappa shape index (κ2) is 5.50. The Morgan fingerprint density at radius 3 is 2.59 bits per heavy atom. The third-order valence-corrected chi connectivity index (χ3v) is 3.22. The Balaban J connectivity index is 2.06. The topological polar surface area (TPSA) is 49.3 Å². The largest absolute Gasteiger partial charge is 0.480 e. The van der Waals surface area contributed by atoms with Gasteiger partial charge in [-0.15, -0.1) is 11.3 Å². The number of thiophene rings is 1. The van der Waals surface area contributed by atoms with Crippen molar-refractivity contribution in [3.8, 4) is 0 Å². The molecule has 0 amide bonds. The van der Waals surface area contributed by atoms with Crippen LogP contribution in [-0.2, 0) is 11.2 Å². The number of anilines is 1. The molecule has 0 aliphatic heterocycles. The Bertz CT molecular complexity index is 467. The summed E-state index contributed by atoms with van der Waals surface area (Å²) in [5.74, 6) is -0.831. The minimum absolute atomic E-state index is 0.480. The number of carbonyl (C=O) groups is 1. The summed E-state index contributed by atoms with van der Waals surface area (Å²) in [6.45, 7) is 0. The van der Waals surface area contributed by atoms with Gasteiger partial charge < -0.3 is 10.4 Å². The summed E-state index contributed by atoms with van der Waals surface area (Å²) in [5, 5.41) is 15.0. The van der Waals surface area contributed by atoms with Crippen LogP contribution in [0, 0.1) is 0 Å². The van der Waals surface area contributed by atoms with Crippen LogP contribution in [0.2, 0.25) is 0 Å². The van der Waals surface area contributed by atoms with Crippen molar-refractivity contribution in [1.29, 1.82) is 0 Å². The van der Waals surface area contributed by atoms with E-state index in [4.69, 9.17) is 0 Å². The van der Waals surface area contributed by atoms with E-state index in [9.17, 15) is 9.90 Å². The van der Waals surface area contributed by atoms with Gasteiger partial charge in [-0.2, -0.15) is 0 Å². The Hall–Kier alpha value is -1.81. The average molecular weight is 247 g/mol. The quantitative estimate of drug-likeness (QED) is 0.854. The number of aliphatic carboxylic acids is 1. The van der Waals surface area contributed by atoms with Crippen molar-refractivity contribution in [2.75, 3.05) is 5.32 Å². The third kappa shape index (κ3) is 3.32. The van der Waals surface area contributed by atoms with E-state index in [1.165, 1.54) is 11.3 Å². The fraction of sp³-hybridized carbons (Fsp3) is 0.154. The molecule has 1 aromatic heterocycles. The van der Waals surface area contributed by atoms with E-state index in [1.54, 1.807) is 0 Å². The Morgan fingerprint density at radius 2 is 2.00 bits per heavy atom. The van der Waals surface area contributed by atoms with Crippen molar-refractivity contribution in [1.82, 2.24) is 0 Å². The van der Waals surface area contributed by atoms with E-state index in [2.05, 4.69) is 5.32 Å². The molecule has 0 aliphatic carbocycles. The van der Waals surface area contributed by atoms with Gasteiger partial charge in [0.05, 0.1) is 5.00 Å². The molecule has 1 atom stereocenters. The lowest BCUT2D eigenvalue weighted by Crippen LogP contribution is -2.31. The molecule has 3 nitrogen and oxygen atoms in total. The highest BCUT2D eigenvalue weighted by Gasteiger charge is 2.17. The number of rotatable bonds is 5. The SMILES string of the molecule is O=C(O)C(Cc1ccccc1)Nc1cccs1. The van der Waals surface area contributed by atoms with Crippen LogP contribution in [0.25, 0.3) is 0 Å². The van der Waals surface area contributed by atoms with Crippen LogP contribution in [0.5, 0.6) is 0 Å². The lowest BCUT2D eigenvalue weighted by molar-refractivity contribution is -0.137. The van der Waals surface area contributed by atoms with Crippen molar-refractivity contribution in [2.24, 2.45) is 0 Å². The molecule has 0 fully saturated rings. The smallest absolute Gasteiger partial charge is 0.326 e. The predicted octanol–water partition coefficient (Wildman–Crippen LogP) is 2.86. The zero-order valence-electron chi connectivity index (χ0n) is 9.17. The third-order valence-electron chi connectivity index (χ3n) is 2.42. The van der Waals surface area contributed by atoms with Gasteiger partial charge in [0.15, 0.2) is 0 Å². The molecule has 0 spiro atoms. The molecule has 2 aromatic rings. The van der Waals surface area contributed by atoms with Crippen molar-refractivity contribution in [2.45, 2.75) is 12.5 Å². The van der Waals surface area contributed by atoms with E-state index in [1.807, 2.05) is 47.8 Å². The van der Waals surface area contributed by atoms with Crippen LogP contribution < -0.4 is 5.32 Å². The van der Waals surface area contributed by atoms with Gasteiger partial charge in [0.25, 0.3) is 0 Å². The first-order valence-corrected chi connectivity index (χ1v) is 6.20. The Kier molecular flexibility index (Phi) is 3.77. The summed E-state index contributed by atoms with van der Waals surface area (Å²) >= 11 is 1.50. The summed E-state index contributed by atoms with van der Waals surface area (Å²) in [6, 6.07) is 12.8. The van der Waals surface area contributed by atoms with Gasteiger partial charge in [0.2, 0.25) is 0 Å². The maximum absolute atomic E-state index is 11.2. The first-order chi connectivity index (χ1) is 8.25. The van der Waals surface area contributed by atoms with Gasteiger partial charge in [0.1, 0.15) is 6.04 Å². The minimum atomic E-state index is -0.831. The second-order valence-electron chi connectivity index (χ2n) is 3.70. The molecule has 0 bridgehead atoms. The normalized spacial score (nSPS) is 12.0. The van der Waals surface area contributed by atoms with E-state index in [0.29, 0.717) is 6.42 Å². The number of nitrogens with one attached hydrogen (secondary N) is 1. The predicted molar refractivity (Wildman–Crippen MR) is 69.5 cm³/mol. The summed E-state index contributed by atoms with van der Waals surface area (Å²) < 4.78 is 0. The molecule has 1 unspecified atom stereocenters. The molecule has 17 heavy (non-hydrogen) atoms. The number of hydrogen-bond acceptors (Lipinski definition) is 3. The maximum atomic E-state index is 11.2. The minimum Gasteiger partial charge on any atom is -0.480 e. The molecule has 4 heteroatoms. The summed E-state index contributed by atoms with van der Waals surface area (Å²) in [7, 11) is 0. The van der Waals surface area contributed by atoms with Crippen LogP contribution in [0.1, 0.15) is 5.56 Å². The van der Waals surface area contributed by atoms with Gasteiger partial charge >= 0.3 is 5.97 Å². The van der Waals surface area contributed by atoms with Crippen molar-refractivity contribution >= 4 is 22.3 Å². The fourth-order valence-electron chi connectivity index (χ4n) is 1.58. The molecule has 0 radical (unpaired) electrons. The van der Waals surface area contributed by atoms with Crippen LogP contribution >= 0.6 is 11.3 Å². The summed E-state index contributed by atoms with van der Waals surface area (Å²) in [5.41, 5.74) is 1.02. The van der Waals surface area contributed by atoms with Crippen LogP contribution in [0.3, 0.4) is 0 Å².